The highest BCUT2D eigenvalue weighted by atomic mass is 32.1. The Kier molecular flexibility index (Phi) is 7.48. The molecule has 0 radical (unpaired) electrons. The number of nitrogens with zero attached hydrogens (tertiary/aromatic N) is 3. The zero-order valence-electron chi connectivity index (χ0n) is 26.2. The topological polar surface area (TPSA) is 38.7 Å². The molecule has 0 N–H and O–H groups in total. The van der Waals surface area contributed by atoms with E-state index in [1.807, 2.05) is 38.2 Å². The molecule has 9 rings (SSSR count). The lowest BCUT2D eigenvalue weighted by atomic mass is 9.93. The second-order valence-corrected chi connectivity index (χ2v) is 12.2. The summed E-state index contributed by atoms with van der Waals surface area (Å²) >= 11 is 1.72. The molecule has 0 aliphatic carbocycles. The number of pyridine rings is 1. The van der Waals surface area contributed by atoms with Crippen molar-refractivity contribution in [1.29, 1.82) is 0 Å². The van der Waals surface area contributed by atoms with Crippen LogP contribution in [-0.2, 0) is 0 Å². The Morgan fingerprint density at radius 1 is 0.468 bits per heavy atom. The van der Waals surface area contributed by atoms with Crippen LogP contribution in [0.2, 0.25) is 0 Å². The number of rotatable bonds is 4. The van der Waals surface area contributed by atoms with E-state index >= 15 is 0 Å². The summed E-state index contributed by atoms with van der Waals surface area (Å²) in [5, 5.41) is 4.65. The van der Waals surface area contributed by atoms with Crippen molar-refractivity contribution in [3.63, 3.8) is 0 Å². The fourth-order valence-electron chi connectivity index (χ4n) is 6.43. The van der Waals surface area contributed by atoms with E-state index in [0.29, 0.717) is 0 Å². The van der Waals surface area contributed by atoms with E-state index in [2.05, 4.69) is 127 Å². The quantitative estimate of drug-likeness (QED) is 0.184. The third kappa shape index (κ3) is 5.04. The second kappa shape index (κ2) is 12.2. The fraction of sp³-hybridized carbons (Fsp3) is 0.0465. The van der Waals surface area contributed by atoms with Gasteiger partial charge in [-0.05, 0) is 39.8 Å². The number of hydrogen-bond acceptors (Lipinski definition) is 4. The van der Waals surface area contributed by atoms with E-state index in [0.717, 1.165) is 49.2 Å². The summed E-state index contributed by atoms with van der Waals surface area (Å²) in [5.74, 6) is 0. The van der Waals surface area contributed by atoms with Crippen molar-refractivity contribution in [2.24, 2.45) is 0 Å². The van der Waals surface area contributed by atoms with Gasteiger partial charge in [-0.1, -0.05) is 147 Å². The van der Waals surface area contributed by atoms with E-state index in [9.17, 15) is 0 Å². The molecule has 0 aliphatic heterocycles. The van der Waals surface area contributed by atoms with Gasteiger partial charge in [0.1, 0.15) is 10.3 Å². The molecule has 3 aromatic heterocycles. The predicted molar refractivity (Wildman–Crippen MR) is 201 cm³/mol. The van der Waals surface area contributed by atoms with E-state index in [1.54, 1.807) is 11.3 Å². The molecule has 0 amide bonds. The Morgan fingerprint density at radius 2 is 1.06 bits per heavy atom. The Morgan fingerprint density at radius 3 is 1.83 bits per heavy atom. The highest BCUT2D eigenvalue weighted by molar-refractivity contribution is 7.25. The predicted octanol–water partition coefficient (Wildman–Crippen LogP) is 12.2. The molecule has 0 saturated carbocycles. The van der Waals surface area contributed by atoms with Crippen molar-refractivity contribution in [2.75, 3.05) is 0 Å². The van der Waals surface area contributed by atoms with Gasteiger partial charge in [0, 0.05) is 38.2 Å². The summed E-state index contributed by atoms with van der Waals surface area (Å²) in [7, 11) is 0. The summed E-state index contributed by atoms with van der Waals surface area (Å²) in [6.45, 7) is 4.00. The van der Waals surface area contributed by atoms with Gasteiger partial charge in [-0.25, -0.2) is 9.97 Å². The first-order valence-electron chi connectivity index (χ1n) is 16.0. The summed E-state index contributed by atoms with van der Waals surface area (Å²) in [5.41, 5.74) is 10.6. The van der Waals surface area contributed by atoms with Gasteiger partial charge < -0.3 is 0 Å². The van der Waals surface area contributed by atoms with Gasteiger partial charge in [-0.3, -0.25) is 4.98 Å². The average Bonchev–Trinajstić information content (AvgIpc) is 3.53. The molecule has 3 nitrogen and oxygen atoms in total. The average molecular weight is 622 g/mol. The lowest BCUT2D eigenvalue weighted by Crippen LogP contribution is -1.93. The Hall–Kier alpha value is -5.71. The SMILES string of the molecule is CC.c1ccc(-c2nc3sc4c(-c5cccc(-c6cccc7ccc8cccnc8c67)c5)cccc4c3nc2-c2ccccc2)cc1. The van der Waals surface area contributed by atoms with Crippen molar-refractivity contribution >= 4 is 53.4 Å². The van der Waals surface area contributed by atoms with Crippen molar-refractivity contribution < 1.29 is 0 Å². The van der Waals surface area contributed by atoms with Gasteiger partial charge in [0.05, 0.1) is 16.9 Å². The molecule has 0 spiro atoms. The zero-order valence-corrected chi connectivity index (χ0v) is 27.0. The number of thiophene rings is 1. The maximum absolute atomic E-state index is 5.31. The second-order valence-electron chi connectivity index (χ2n) is 11.2. The van der Waals surface area contributed by atoms with Crippen molar-refractivity contribution in [2.45, 2.75) is 13.8 Å². The lowest BCUT2D eigenvalue weighted by molar-refractivity contribution is 1.32. The van der Waals surface area contributed by atoms with Crippen LogP contribution in [0.4, 0.5) is 0 Å². The molecule has 0 bridgehead atoms. The number of hydrogen-bond donors (Lipinski definition) is 0. The zero-order chi connectivity index (χ0) is 31.7. The number of aromatic nitrogens is 3. The van der Waals surface area contributed by atoms with E-state index in [-0.39, 0.29) is 0 Å². The van der Waals surface area contributed by atoms with Gasteiger partial charge in [-0.15, -0.1) is 11.3 Å². The molecule has 0 fully saturated rings. The molecule has 224 valence electrons. The minimum absolute atomic E-state index is 0.901. The highest BCUT2D eigenvalue weighted by Crippen LogP contribution is 2.42. The van der Waals surface area contributed by atoms with Gasteiger partial charge in [0.2, 0.25) is 0 Å². The van der Waals surface area contributed by atoms with Crippen LogP contribution in [0.3, 0.4) is 0 Å². The summed E-state index contributed by atoms with van der Waals surface area (Å²) in [4.78, 5) is 16.3. The van der Waals surface area contributed by atoms with Crippen molar-refractivity contribution in [3.05, 3.63) is 152 Å². The largest absolute Gasteiger partial charge is 0.256 e. The third-order valence-corrected chi connectivity index (χ3v) is 9.65. The van der Waals surface area contributed by atoms with E-state index in [4.69, 9.17) is 15.0 Å². The van der Waals surface area contributed by atoms with Crippen LogP contribution >= 0.6 is 11.3 Å². The normalized spacial score (nSPS) is 11.2. The number of fused-ring (bicyclic) bond motifs is 6. The molecule has 47 heavy (non-hydrogen) atoms. The van der Waals surface area contributed by atoms with Crippen LogP contribution in [0.25, 0.3) is 86.9 Å². The van der Waals surface area contributed by atoms with E-state index < -0.39 is 0 Å². The van der Waals surface area contributed by atoms with E-state index in [1.165, 1.54) is 37.7 Å². The molecule has 3 heterocycles. The molecule has 0 aliphatic rings. The minimum Gasteiger partial charge on any atom is -0.256 e. The summed E-state index contributed by atoms with van der Waals surface area (Å²) in [6, 6.07) is 51.1. The molecule has 6 aromatic carbocycles. The number of benzene rings is 6. The summed E-state index contributed by atoms with van der Waals surface area (Å²) in [6.07, 6.45) is 1.88. The first kappa shape index (κ1) is 28.7. The maximum Gasteiger partial charge on any atom is 0.143 e. The van der Waals surface area contributed by atoms with Gasteiger partial charge in [0.15, 0.2) is 0 Å². The van der Waals surface area contributed by atoms with Gasteiger partial charge in [0.25, 0.3) is 0 Å². The van der Waals surface area contributed by atoms with Crippen LogP contribution < -0.4 is 0 Å². The molecule has 9 aromatic rings. The van der Waals surface area contributed by atoms with Crippen LogP contribution in [0, 0.1) is 0 Å². The monoisotopic (exact) mass is 621 g/mol. The third-order valence-electron chi connectivity index (χ3n) is 8.53. The Balaban J connectivity index is 0.00000159. The first-order valence-corrected chi connectivity index (χ1v) is 16.8. The molecular formula is C43H31N3S. The summed E-state index contributed by atoms with van der Waals surface area (Å²) < 4.78 is 1.19. The fourth-order valence-corrected chi connectivity index (χ4v) is 7.58. The van der Waals surface area contributed by atoms with Crippen LogP contribution in [0.15, 0.2) is 152 Å². The van der Waals surface area contributed by atoms with Gasteiger partial charge in [-0.2, -0.15) is 0 Å². The van der Waals surface area contributed by atoms with Crippen LogP contribution in [0.1, 0.15) is 13.8 Å². The Labute approximate surface area is 277 Å². The Bertz CT molecular complexity index is 2540. The molecule has 0 atom stereocenters. The maximum atomic E-state index is 5.31. The smallest absolute Gasteiger partial charge is 0.143 e. The highest BCUT2D eigenvalue weighted by Gasteiger charge is 2.19. The first-order chi connectivity index (χ1) is 23.3. The van der Waals surface area contributed by atoms with Crippen molar-refractivity contribution in [3.8, 4) is 44.8 Å². The van der Waals surface area contributed by atoms with Crippen molar-refractivity contribution in [1.82, 2.24) is 15.0 Å². The van der Waals surface area contributed by atoms with Gasteiger partial charge >= 0.3 is 0 Å². The molecule has 0 unspecified atom stereocenters. The molecular weight excluding hydrogens is 591 g/mol. The van der Waals surface area contributed by atoms with Crippen LogP contribution in [0.5, 0.6) is 0 Å². The molecule has 4 heteroatoms. The molecule has 0 saturated heterocycles. The lowest BCUT2D eigenvalue weighted by Gasteiger charge is -2.11. The standard InChI is InChI=1S/C41H25N3S.C2H6/c1-3-11-27(12-4-1)37-38(28-13-5-2-6-14-28)44-41-39(43-37)34-21-9-20-33(40(34)45-41)31-17-7-16-30(25-31)32-19-8-15-26-22-23-29-18-10-24-42-36(29)35(26)32;1-2/h1-25H;1-2H3. The minimum atomic E-state index is 0.901. The van der Waals surface area contributed by atoms with Crippen LogP contribution in [-0.4, -0.2) is 15.0 Å².